The van der Waals surface area contributed by atoms with Crippen LogP contribution in [0.5, 0.6) is 0 Å². The molecule has 1 unspecified atom stereocenters. The fraction of sp³-hybridized carbons (Fsp3) is 0.714. The van der Waals surface area contributed by atoms with Gasteiger partial charge in [-0.05, 0) is 40.0 Å². The first-order valence-electron chi connectivity index (χ1n) is 6.66. The standard InChI is InChI=1S/C14H26N2O2/c1-12(2)17-11-9-16(4)8-7-15-13(3)14-6-5-10-18-14/h5-6,10,12-13,15H,7-9,11H2,1-4H3. The molecule has 0 amide bonds. The molecule has 1 atom stereocenters. The van der Waals surface area contributed by atoms with Crippen LogP contribution in [0.3, 0.4) is 0 Å². The molecule has 1 rings (SSSR count). The van der Waals surface area contributed by atoms with Crippen LogP contribution in [0.15, 0.2) is 22.8 Å². The Kier molecular flexibility index (Phi) is 7.01. The Labute approximate surface area is 110 Å². The number of furan rings is 1. The van der Waals surface area contributed by atoms with Crippen LogP contribution in [-0.2, 0) is 4.74 Å². The number of ether oxygens (including phenoxy) is 1. The quantitative estimate of drug-likeness (QED) is 0.733. The summed E-state index contributed by atoms with van der Waals surface area (Å²) in [6.45, 7) is 9.95. The van der Waals surface area contributed by atoms with E-state index in [1.165, 1.54) is 0 Å². The highest BCUT2D eigenvalue weighted by molar-refractivity contribution is 5.02. The smallest absolute Gasteiger partial charge is 0.120 e. The minimum Gasteiger partial charge on any atom is -0.468 e. The summed E-state index contributed by atoms with van der Waals surface area (Å²) < 4.78 is 10.9. The molecule has 1 aromatic rings. The number of nitrogens with one attached hydrogen (secondary N) is 1. The molecule has 0 aromatic carbocycles. The van der Waals surface area contributed by atoms with E-state index in [9.17, 15) is 0 Å². The van der Waals surface area contributed by atoms with E-state index in [1.807, 2.05) is 12.1 Å². The van der Waals surface area contributed by atoms with E-state index in [0.29, 0.717) is 6.10 Å². The normalized spacial score (nSPS) is 13.4. The lowest BCUT2D eigenvalue weighted by atomic mass is 10.2. The summed E-state index contributed by atoms with van der Waals surface area (Å²) in [6, 6.07) is 4.18. The maximum atomic E-state index is 5.52. The second kappa shape index (κ2) is 8.29. The van der Waals surface area contributed by atoms with E-state index >= 15 is 0 Å². The minimum absolute atomic E-state index is 0.264. The summed E-state index contributed by atoms with van der Waals surface area (Å²) in [5.74, 6) is 0.987. The monoisotopic (exact) mass is 254 g/mol. The van der Waals surface area contributed by atoms with Crippen LogP contribution in [-0.4, -0.2) is 44.3 Å². The van der Waals surface area contributed by atoms with Crippen LogP contribution in [0.2, 0.25) is 0 Å². The lowest BCUT2D eigenvalue weighted by Crippen LogP contribution is -2.32. The van der Waals surface area contributed by atoms with E-state index in [-0.39, 0.29) is 6.04 Å². The molecule has 0 fully saturated rings. The van der Waals surface area contributed by atoms with Gasteiger partial charge >= 0.3 is 0 Å². The molecular formula is C14H26N2O2. The van der Waals surface area contributed by atoms with Crippen molar-refractivity contribution < 1.29 is 9.15 Å². The zero-order valence-corrected chi connectivity index (χ0v) is 12.0. The predicted octanol–water partition coefficient (Wildman–Crippen LogP) is 2.29. The highest BCUT2D eigenvalue weighted by Crippen LogP contribution is 2.11. The van der Waals surface area contributed by atoms with Crippen molar-refractivity contribution in [3.8, 4) is 0 Å². The molecule has 0 saturated heterocycles. The van der Waals surface area contributed by atoms with E-state index in [2.05, 4.69) is 38.0 Å². The number of hydrogen-bond donors (Lipinski definition) is 1. The zero-order chi connectivity index (χ0) is 13.4. The van der Waals surface area contributed by atoms with E-state index in [0.717, 1.165) is 32.0 Å². The first-order chi connectivity index (χ1) is 8.59. The van der Waals surface area contributed by atoms with E-state index in [1.54, 1.807) is 6.26 Å². The molecule has 1 N–H and O–H groups in total. The predicted molar refractivity (Wildman–Crippen MR) is 73.7 cm³/mol. The molecule has 0 bridgehead atoms. The molecule has 4 nitrogen and oxygen atoms in total. The molecular weight excluding hydrogens is 228 g/mol. The van der Waals surface area contributed by atoms with Crippen molar-refractivity contribution in [1.29, 1.82) is 0 Å². The molecule has 0 saturated carbocycles. The van der Waals surface area contributed by atoms with Crippen molar-refractivity contribution in [2.24, 2.45) is 0 Å². The lowest BCUT2D eigenvalue weighted by molar-refractivity contribution is 0.0639. The Morgan fingerprint density at radius 2 is 2.11 bits per heavy atom. The van der Waals surface area contributed by atoms with Crippen LogP contribution in [0.4, 0.5) is 0 Å². The van der Waals surface area contributed by atoms with Gasteiger partial charge in [0.1, 0.15) is 5.76 Å². The fourth-order valence-electron chi connectivity index (χ4n) is 1.67. The van der Waals surface area contributed by atoms with Gasteiger partial charge in [0.05, 0.1) is 25.0 Å². The number of rotatable bonds is 9. The maximum Gasteiger partial charge on any atom is 0.120 e. The van der Waals surface area contributed by atoms with E-state index < -0.39 is 0 Å². The lowest BCUT2D eigenvalue weighted by Gasteiger charge is -2.19. The van der Waals surface area contributed by atoms with Crippen molar-refractivity contribution >= 4 is 0 Å². The number of hydrogen-bond acceptors (Lipinski definition) is 4. The Morgan fingerprint density at radius 1 is 1.33 bits per heavy atom. The summed E-state index contributed by atoms with van der Waals surface area (Å²) in [4.78, 5) is 2.27. The van der Waals surface area contributed by atoms with Crippen molar-refractivity contribution in [3.63, 3.8) is 0 Å². The first-order valence-corrected chi connectivity index (χ1v) is 6.66. The first kappa shape index (κ1) is 15.2. The van der Waals surface area contributed by atoms with Crippen LogP contribution < -0.4 is 5.32 Å². The summed E-state index contributed by atoms with van der Waals surface area (Å²) in [5, 5.41) is 3.44. The summed E-state index contributed by atoms with van der Waals surface area (Å²) in [7, 11) is 2.11. The van der Waals surface area contributed by atoms with Gasteiger partial charge in [0.15, 0.2) is 0 Å². The zero-order valence-electron chi connectivity index (χ0n) is 12.0. The Balaban J connectivity index is 2.06. The third kappa shape index (κ3) is 6.19. The van der Waals surface area contributed by atoms with Crippen LogP contribution in [0, 0.1) is 0 Å². The third-order valence-corrected chi connectivity index (χ3v) is 2.84. The second-order valence-corrected chi connectivity index (χ2v) is 4.91. The molecule has 0 spiro atoms. The summed E-state index contributed by atoms with van der Waals surface area (Å²) in [5.41, 5.74) is 0. The average molecular weight is 254 g/mol. The number of nitrogens with zero attached hydrogens (tertiary/aromatic N) is 1. The van der Waals surface area contributed by atoms with Gasteiger partial charge in [-0.3, -0.25) is 0 Å². The second-order valence-electron chi connectivity index (χ2n) is 4.91. The number of likely N-dealkylation sites (N-methyl/N-ethyl adjacent to an activating group) is 1. The molecule has 4 heteroatoms. The molecule has 104 valence electrons. The fourth-order valence-corrected chi connectivity index (χ4v) is 1.67. The Morgan fingerprint density at radius 3 is 2.72 bits per heavy atom. The minimum atomic E-state index is 0.264. The van der Waals surface area contributed by atoms with Gasteiger partial charge in [-0.2, -0.15) is 0 Å². The van der Waals surface area contributed by atoms with Crippen molar-refractivity contribution in [2.45, 2.75) is 32.9 Å². The Hall–Kier alpha value is -0.840. The van der Waals surface area contributed by atoms with Gasteiger partial charge in [-0.25, -0.2) is 0 Å². The molecule has 0 aliphatic rings. The van der Waals surface area contributed by atoms with Crippen molar-refractivity contribution in [1.82, 2.24) is 10.2 Å². The molecule has 0 aliphatic heterocycles. The largest absolute Gasteiger partial charge is 0.468 e. The van der Waals surface area contributed by atoms with Gasteiger partial charge < -0.3 is 19.4 Å². The highest BCUT2D eigenvalue weighted by atomic mass is 16.5. The molecule has 1 aromatic heterocycles. The van der Waals surface area contributed by atoms with Gasteiger partial charge in [0.2, 0.25) is 0 Å². The molecule has 1 heterocycles. The maximum absolute atomic E-state index is 5.52. The van der Waals surface area contributed by atoms with Crippen LogP contribution >= 0.6 is 0 Å². The van der Waals surface area contributed by atoms with Gasteiger partial charge in [0.25, 0.3) is 0 Å². The summed E-state index contributed by atoms with van der Waals surface area (Å²) >= 11 is 0. The van der Waals surface area contributed by atoms with Crippen LogP contribution in [0.25, 0.3) is 0 Å². The summed E-state index contributed by atoms with van der Waals surface area (Å²) in [6.07, 6.45) is 2.03. The average Bonchev–Trinajstić information content (AvgIpc) is 2.81. The van der Waals surface area contributed by atoms with Crippen molar-refractivity contribution in [3.05, 3.63) is 24.2 Å². The van der Waals surface area contributed by atoms with Crippen LogP contribution in [0.1, 0.15) is 32.6 Å². The van der Waals surface area contributed by atoms with Crippen molar-refractivity contribution in [2.75, 3.05) is 33.3 Å². The Bertz CT molecular complexity index is 299. The van der Waals surface area contributed by atoms with Gasteiger partial charge in [-0.15, -0.1) is 0 Å². The molecule has 18 heavy (non-hydrogen) atoms. The molecule has 0 radical (unpaired) electrons. The molecule has 0 aliphatic carbocycles. The van der Waals surface area contributed by atoms with Gasteiger partial charge in [0, 0.05) is 19.6 Å². The van der Waals surface area contributed by atoms with Gasteiger partial charge in [-0.1, -0.05) is 0 Å². The van der Waals surface area contributed by atoms with E-state index in [4.69, 9.17) is 9.15 Å². The third-order valence-electron chi connectivity index (χ3n) is 2.84. The highest BCUT2D eigenvalue weighted by Gasteiger charge is 2.07. The SMILES string of the molecule is CC(C)OCCN(C)CCNC(C)c1ccco1. The topological polar surface area (TPSA) is 37.6 Å².